The van der Waals surface area contributed by atoms with Gasteiger partial charge in [0.1, 0.15) is 0 Å². The van der Waals surface area contributed by atoms with E-state index in [0.717, 1.165) is 22.4 Å². The predicted molar refractivity (Wildman–Crippen MR) is 90.0 cm³/mol. The molecule has 0 bridgehead atoms. The molecule has 1 N–H and O–H groups in total. The predicted octanol–water partition coefficient (Wildman–Crippen LogP) is 3.45. The minimum absolute atomic E-state index is 0.198. The molecule has 5 nitrogen and oxygen atoms in total. The lowest BCUT2D eigenvalue weighted by Crippen LogP contribution is -2.35. The highest BCUT2D eigenvalue weighted by molar-refractivity contribution is 5.92. The highest BCUT2D eigenvalue weighted by Crippen LogP contribution is 2.18. The molecule has 114 valence electrons. The number of amides is 2. The van der Waals surface area contributed by atoms with E-state index in [9.17, 15) is 4.79 Å². The lowest BCUT2D eigenvalue weighted by molar-refractivity contribution is 0.222. The average Bonchev–Trinajstić information content (AvgIpc) is 2.48. The van der Waals surface area contributed by atoms with E-state index in [-0.39, 0.29) is 6.03 Å². The maximum Gasteiger partial charge on any atom is 0.322 e. The number of nitrogens with zero attached hydrogens (tertiary/aromatic N) is 3. The fourth-order valence-electron chi connectivity index (χ4n) is 2.06. The molecule has 2 amide bonds. The SMILES string of the molecule is C=CCN(CC=C)C(=O)Nc1ccc2nc(C)c(C)nc2c1. The van der Waals surface area contributed by atoms with Gasteiger partial charge in [-0.2, -0.15) is 0 Å². The number of fused-ring (bicyclic) bond motifs is 1. The molecule has 0 saturated heterocycles. The Labute approximate surface area is 130 Å². The number of aromatic nitrogens is 2. The molecule has 1 aromatic heterocycles. The average molecular weight is 296 g/mol. The molecular formula is C17H20N4O. The number of hydrogen-bond acceptors (Lipinski definition) is 3. The first-order valence-corrected chi connectivity index (χ1v) is 7.08. The number of carbonyl (C=O) groups excluding carboxylic acids is 1. The normalized spacial score (nSPS) is 10.3. The summed E-state index contributed by atoms with van der Waals surface area (Å²) in [7, 11) is 0. The van der Waals surface area contributed by atoms with Crippen molar-refractivity contribution in [3.63, 3.8) is 0 Å². The van der Waals surface area contributed by atoms with Gasteiger partial charge in [0.05, 0.1) is 22.4 Å². The molecular weight excluding hydrogens is 276 g/mol. The number of benzene rings is 1. The maximum absolute atomic E-state index is 12.2. The molecule has 22 heavy (non-hydrogen) atoms. The zero-order valence-electron chi connectivity index (χ0n) is 13.0. The van der Waals surface area contributed by atoms with E-state index in [4.69, 9.17) is 0 Å². The van der Waals surface area contributed by atoms with Gasteiger partial charge >= 0.3 is 6.03 Å². The smallest absolute Gasteiger partial charge is 0.317 e. The number of aryl methyl sites for hydroxylation is 2. The van der Waals surface area contributed by atoms with Crippen molar-refractivity contribution in [2.45, 2.75) is 13.8 Å². The minimum Gasteiger partial charge on any atom is -0.317 e. The molecule has 0 unspecified atom stereocenters. The van der Waals surface area contributed by atoms with Gasteiger partial charge in [-0.3, -0.25) is 0 Å². The first-order chi connectivity index (χ1) is 10.5. The van der Waals surface area contributed by atoms with Gasteiger partial charge < -0.3 is 10.2 Å². The van der Waals surface area contributed by atoms with Gasteiger partial charge in [-0.25, -0.2) is 14.8 Å². The molecule has 0 aliphatic heterocycles. The van der Waals surface area contributed by atoms with Crippen LogP contribution in [0.2, 0.25) is 0 Å². The van der Waals surface area contributed by atoms with Crippen molar-refractivity contribution < 1.29 is 4.79 Å². The van der Waals surface area contributed by atoms with E-state index in [0.29, 0.717) is 18.8 Å². The van der Waals surface area contributed by atoms with Crippen LogP contribution in [0.5, 0.6) is 0 Å². The summed E-state index contributed by atoms with van der Waals surface area (Å²) in [6.45, 7) is 12.1. The summed E-state index contributed by atoms with van der Waals surface area (Å²) in [6, 6.07) is 5.31. The quantitative estimate of drug-likeness (QED) is 0.860. The summed E-state index contributed by atoms with van der Waals surface area (Å²) >= 11 is 0. The van der Waals surface area contributed by atoms with Crippen LogP contribution < -0.4 is 5.32 Å². The topological polar surface area (TPSA) is 58.1 Å². The Morgan fingerprint density at radius 3 is 2.32 bits per heavy atom. The first-order valence-electron chi connectivity index (χ1n) is 7.08. The molecule has 0 aliphatic rings. The molecule has 2 aromatic rings. The van der Waals surface area contributed by atoms with Crippen LogP contribution in [0.3, 0.4) is 0 Å². The maximum atomic E-state index is 12.2. The number of carbonyl (C=O) groups is 1. The van der Waals surface area contributed by atoms with Crippen molar-refractivity contribution in [2.75, 3.05) is 18.4 Å². The van der Waals surface area contributed by atoms with Crippen LogP contribution in [0.25, 0.3) is 11.0 Å². The van der Waals surface area contributed by atoms with Crippen LogP contribution in [-0.4, -0.2) is 34.0 Å². The third-order valence-corrected chi connectivity index (χ3v) is 3.31. The highest BCUT2D eigenvalue weighted by Gasteiger charge is 2.11. The summed E-state index contributed by atoms with van der Waals surface area (Å²) in [4.78, 5) is 22.8. The minimum atomic E-state index is -0.198. The second kappa shape index (κ2) is 6.85. The number of rotatable bonds is 5. The Morgan fingerprint density at radius 1 is 1.14 bits per heavy atom. The first kappa shape index (κ1) is 15.7. The molecule has 0 radical (unpaired) electrons. The molecule has 1 aromatic carbocycles. The Bertz CT molecular complexity index is 714. The molecule has 0 spiro atoms. The van der Waals surface area contributed by atoms with Crippen molar-refractivity contribution in [1.82, 2.24) is 14.9 Å². The molecule has 0 aliphatic carbocycles. The van der Waals surface area contributed by atoms with Crippen molar-refractivity contribution in [3.05, 3.63) is 54.9 Å². The fourth-order valence-corrected chi connectivity index (χ4v) is 2.06. The van der Waals surface area contributed by atoms with Crippen LogP contribution in [-0.2, 0) is 0 Å². The zero-order chi connectivity index (χ0) is 16.1. The molecule has 1 heterocycles. The molecule has 0 saturated carbocycles. The Hall–Kier alpha value is -2.69. The molecule has 0 fully saturated rings. The second-order valence-corrected chi connectivity index (χ2v) is 5.01. The molecule has 2 rings (SSSR count). The Morgan fingerprint density at radius 2 is 1.73 bits per heavy atom. The van der Waals surface area contributed by atoms with Gasteiger partial charge in [0, 0.05) is 18.8 Å². The van der Waals surface area contributed by atoms with Crippen molar-refractivity contribution in [2.24, 2.45) is 0 Å². The van der Waals surface area contributed by atoms with E-state index in [2.05, 4.69) is 28.4 Å². The third kappa shape index (κ3) is 3.49. The molecule has 5 heteroatoms. The summed E-state index contributed by atoms with van der Waals surface area (Å²) in [5, 5.41) is 2.86. The van der Waals surface area contributed by atoms with E-state index in [1.807, 2.05) is 32.0 Å². The van der Waals surface area contributed by atoms with E-state index in [1.165, 1.54) is 0 Å². The van der Waals surface area contributed by atoms with Gasteiger partial charge in [-0.1, -0.05) is 12.2 Å². The van der Waals surface area contributed by atoms with Gasteiger partial charge in [0.2, 0.25) is 0 Å². The number of hydrogen-bond donors (Lipinski definition) is 1. The summed E-state index contributed by atoms with van der Waals surface area (Å²) in [5.74, 6) is 0. The monoisotopic (exact) mass is 296 g/mol. The van der Waals surface area contributed by atoms with E-state index in [1.54, 1.807) is 17.1 Å². The van der Waals surface area contributed by atoms with Crippen LogP contribution in [0.1, 0.15) is 11.4 Å². The van der Waals surface area contributed by atoms with Crippen LogP contribution in [0, 0.1) is 13.8 Å². The Kier molecular flexibility index (Phi) is 4.88. The summed E-state index contributed by atoms with van der Waals surface area (Å²) < 4.78 is 0. The van der Waals surface area contributed by atoms with Gasteiger partial charge in [-0.15, -0.1) is 13.2 Å². The summed E-state index contributed by atoms with van der Waals surface area (Å²) in [6.07, 6.45) is 3.36. The standard InChI is InChI=1S/C17H20N4O/c1-5-9-21(10-6-2)17(22)20-14-7-8-15-16(11-14)19-13(4)12(3)18-15/h5-8,11H,1-2,9-10H2,3-4H3,(H,20,22). The summed E-state index contributed by atoms with van der Waals surface area (Å²) in [5.41, 5.74) is 4.06. The third-order valence-electron chi connectivity index (χ3n) is 3.31. The zero-order valence-corrected chi connectivity index (χ0v) is 13.0. The van der Waals surface area contributed by atoms with E-state index >= 15 is 0 Å². The lowest BCUT2D eigenvalue weighted by atomic mass is 10.2. The van der Waals surface area contributed by atoms with Crippen molar-refractivity contribution in [3.8, 4) is 0 Å². The van der Waals surface area contributed by atoms with Crippen molar-refractivity contribution >= 4 is 22.8 Å². The van der Waals surface area contributed by atoms with Gasteiger partial charge in [0.25, 0.3) is 0 Å². The second-order valence-electron chi connectivity index (χ2n) is 5.01. The Balaban J connectivity index is 2.23. The number of anilines is 1. The van der Waals surface area contributed by atoms with Gasteiger partial charge in [0.15, 0.2) is 0 Å². The lowest BCUT2D eigenvalue weighted by Gasteiger charge is -2.20. The molecule has 0 atom stereocenters. The van der Waals surface area contributed by atoms with E-state index < -0.39 is 0 Å². The van der Waals surface area contributed by atoms with Crippen molar-refractivity contribution in [1.29, 1.82) is 0 Å². The fraction of sp³-hybridized carbons (Fsp3) is 0.235. The highest BCUT2D eigenvalue weighted by atomic mass is 16.2. The van der Waals surface area contributed by atoms with Crippen LogP contribution in [0.4, 0.5) is 10.5 Å². The van der Waals surface area contributed by atoms with Gasteiger partial charge in [-0.05, 0) is 32.0 Å². The number of nitrogens with one attached hydrogen (secondary N) is 1. The van der Waals surface area contributed by atoms with Crippen LogP contribution >= 0.6 is 0 Å². The number of urea groups is 1. The largest absolute Gasteiger partial charge is 0.322 e. The van der Waals surface area contributed by atoms with Crippen LogP contribution in [0.15, 0.2) is 43.5 Å².